The van der Waals surface area contributed by atoms with E-state index in [-0.39, 0.29) is 18.1 Å². The number of amides is 4. The fraction of sp³-hybridized carbons (Fsp3) is 0.250. The van der Waals surface area contributed by atoms with Crippen LogP contribution < -0.4 is 21.1 Å². The average Bonchev–Trinajstić information content (AvgIpc) is 2.74. The van der Waals surface area contributed by atoms with Crippen molar-refractivity contribution in [1.29, 1.82) is 0 Å². The molecule has 2 aromatic rings. The van der Waals surface area contributed by atoms with Gasteiger partial charge in [-0.2, -0.15) is 13.2 Å². The molecule has 0 aliphatic heterocycles. The first-order valence-electron chi connectivity index (χ1n) is 9.09. The van der Waals surface area contributed by atoms with Crippen LogP contribution in [0, 0.1) is 0 Å². The van der Waals surface area contributed by atoms with Gasteiger partial charge in [-0.15, -0.1) is 0 Å². The molecule has 0 saturated carbocycles. The molecule has 7 nitrogen and oxygen atoms in total. The number of anilines is 1. The quantitative estimate of drug-likeness (QED) is 0.625. The lowest BCUT2D eigenvalue weighted by Gasteiger charge is -2.23. The third-order valence-corrected chi connectivity index (χ3v) is 3.94. The van der Waals surface area contributed by atoms with E-state index in [2.05, 4.69) is 5.32 Å². The Hall–Kier alpha value is -3.56. The smallest absolute Gasteiger partial charge is 0.338 e. The molecule has 3 N–H and O–H groups in total. The van der Waals surface area contributed by atoms with Crippen molar-refractivity contribution >= 4 is 23.5 Å². The standard InChI is InChI=1S/C20H21F3N4O3/c1-2-12-24-19(30)27(16-6-4-3-5-7-16)13-14-8-10-15(11-9-14)17(28)25-26-18(29)20(21,22)23/h3-11H,2,12-13H2,1H3,(H,24,30)(H,25,28)(H,26,29). The molecule has 0 bridgehead atoms. The maximum Gasteiger partial charge on any atom is 0.472 e. The Kier molecular flexibility index (Phi) is 7.79. The molecule has 0 atom stereocenters. The molecule has 30 heavy (non-hydrogen) atoms. The van der Waals surface area contributed by atoms with Gasteiger partial charge in [-0.1, -0.05) is 37.3 Å². The number of hydrogen-bond acceptors (Lipinski definition) is 3. The highest BCUT2D eigenvalue weighted by molar-refractivity contribution is 5.96. The van der Waals surface area contributed by atoms with Gasteiger partial charge in [0.15, 0.2) is 0 Å². The van der Waals surface area contributed by atoms with Crippen LogP contribution in [0.5, 0.6) is 0 Å². The van der Waals surface area contributed by atoms with Gasteiger partial charge in [0.2, 0.25) is 0 Å². The minimum Gasteiger partial charge on any atom is -0.338 e. The van der Waals surface area contributed by atoms with Crippen LogP contribution in [0.2, 0.25) is 0 Å². The van der Waals surface area contributed by atoms with Crippen LogP contribution in [0.3, 0.4) is 0 Å². The zero-order chi connectivity index (χ0) is 22.1. The first-order chi connectivity index (χ1) is 14.2. The summed E-state index contributed by atoms with van der Waals surface area (Å²) in [7, 11) is 0. The maximum absolute atomic E-state index is 12.5. The maximum atomic E-state index is 12.5. The highest BCUT2D eigenvalue weighted by Gasteiger charge is 2.39. The number of carbonyl (C=O) groups excluding carboxylic acids is 3. The van der Waals surface area contributed by atoms with E-state index in [1.807, 2.05) is 13.0 Å². The van der Waals surface area contributed by atoms with Crippen LogP contribution in [0.25, 0.3) is 0 Å². The number of rotatable bonds is 6. The van der Waals surface area contributed by atoms with Crippen molar-refractivity contribution in [2.24, 2.45) is 0 Å². The molecule has 0 aliphatic rings. The molecule has 0 unspecified atom stereocenters. The van der Waals surface area contributed by atoms with E-state index in [9.17, 15) is 27.6 Å². The van der Waals surface area contributed by atoms with Crippen LogP contribution in [-0.4, -0.2) is 30.6 Å². The van der Waals surface area contributed by atoms with E-state index < -0.39 is 18.0 Å². The predicted octanol–water partition coefficient (Wildman–Crippen LogP) is 3.14. The van der Waals surface area contributed by atoms with E-state index in [0.29, 0.717) is 17.8 Å². The molecule has 0 aromatic heterocycles. The number of alkyl halides is 3. The first kappa shape index (κ1) is 22.7. The van der Waals surface area contributed by atoms with Crippen LogP contribution in [-0.2, 0) is 11.3 Å². The third-order valence-electron chi connectivity index (χ3n) is 3.94. The van der Waals surface area contributed by atoms with Crippen molar-refractivity contribution in [1.82, 2.24) is 16.2 Å². The van der Waals surface area contributed by atoms with Crippen LogP contribution >= 0.6 is 0 Å². The van der Waals surface area contributed by atoms with E-state index in [0.717, 1.165) is 6.42 Å². The van der Waals surface area contributed by atoms with Crippen LogP contribution in [0.4, 0.5) is 23.7 Å². The molecule has 10 heteroatoms. The molecule has 160 valence electrons. The number of halogens is 3. The van der Waals surface area contributed by atoms with Gasteiger partial charge in [0, 0.05) is 17.8 Å². The van der Waals surface area contributed by atoms with E-state index >= 15 is 0 Å². The Morgan fingerprint density at radius 1 is 0.933 bits per heavy atom. The van der Waals surface area contributed by atoms with E-state index in [4.69, 9.17) is 0 Å². The normalized spacial score (nSPS) is 10.8. The topological polar surface area (TPSA) is 90.5 Å². The van der Waals surface area contributed by atoms with Crippen LogP contribution in [0.1, 0.15) is 29.3 Å². The van der Waals surface area contributed by atoms with Crippen molar-refractivity contribution in [3.05, 3.63) is 65.7 Å². The van der Waals surface area contributed by atoms with Crippen molar-refractivity contribution in [3.63, 3.8) is 0 Å². The Bertz CT molecular complexity index is 871. The Balaban J connectivity index is 2.07. The summed E-state index contributed by atoms with van der Waals surface area (Å²) in [5, 5.41) is 2.81. The second kappa shape index (κ2) is 10.3. The van der Waals surface area contributed by atoms with Gasteiger partial charge in [0.25, 0.3) is 5.91 Å². The van der Waals surface area contributed by atoms with Gasteiger partial charge >= 0.3 is 18.1 Å². The van der Waals surface area contributed by atoms with Gasteiger partial charge in [-0.05, 0) is 36.2 Å². The molecular formula is C20H21F3N4O3. The second-order valence-electron chi connectivity index (χ2n) is 6.26. The van der Waals surface area contributed by atoms with Gasteiger partial charge in [-0.3, -0.25) is 25.3 Å². The number of urea groups is 1. The highest BCUT2D eigenvalue weighted by Crippen LogP contribution is 2.18. The summed E-state index contributed by atoms with van der Waals surface area (Å²) in [6.07, 6.45) is -4.32. The minimum absolute atomic E-state index is 0.0444. The van der Waals surface area contributed by atoms with Crippen molar-refractivity contribution in [2.45, 2.75) is 26.1 Å². The Morgan fingerprint density at radius 2 is 1.57 bits per heavy atom. The molecule has 2 rings (SSSR count). The van der Waals surface area contributed by atoms with Crippen molar-refractivity contribution in [3.8, 4) is 0 Å². The molecule has 0 heterocycles. The second-order valence-corrected chi connectivity index (χ2v) is 6.26. The van der Waals surface area contributed by atoms with Gasteiger partial charge in [-0.25, -0.2) is 4.79 Å². The lowest BCUT2D eigenvalue weighted by atomic mass is 10.1. The van der Waals surface area contributed by atoms with Gasteiger partial charge in [0.05, 0.1) is 6.54 Å². The summed E-state index contributed by atoms with van der Waals surface area (Å²) in [6.45, 7) is 2.67. The van der Waals surface area contributed by atoms with Gasteiger partial charge < -0.3 is 5.32 Å². The average molecular weight is 422 g/mol. The summed E-state index contributed by atoms with van der Waals surface area (Å²) >= 11 is 0. The predicted molar refractivity (Wildman–Crippen MR) is 104 cm³/mol. The fourth-order valence-corrected chi connectivity index (χ4v) is 2.42. The molecule has 0 aliphatic carbocycles. The monoisotopic (exact) mass is 422 g/mol. The molecule has 0 fully saturated rings. The summed E-state index contributed by atoms with van der Waals surface area (Å²) in [5.74, 6) is -3.18. The zero-order valence-electron chi connectivity index (χ0n) is 16.1. The Labute approximate surface area is 171 Å². The number of benzene rings is 2. The van der Waals surface area contributed by atoms with E-state index in [1.54, 1.807) is 41.8 Å². The van der Waals surface area contributed by atoms with Crippen molar-refractivity contribution < 1.29 is 27.6 Å². The first-order valence-corrected chi connectivity index (χ1v) is 9.09. The summed E-state index contributed by atoms with van der Waals surface area (Å²) < 4.78 is 36.5. The number of nitrogens with zero attached hydrogens (tertiary/aromatic N) is 1. The largest absolute Gasteiger partial charge is 0.472 e. The SMILES string of the molecule is CCCNC(=O)N(Cc1ccc(C(=O)NNC(=O)C(F)(F)F)cc1)c1ccccc1. The summed E-state index contributed by atoms with van der Waals surface area (Å²) in [4.78, 5) is 36.7. The molecule has 0 radical (unpaired) electrons. The molecule has 0 spiro atoms. The number of nitrogens with one attached hydrogen (secondary N) is 3. The zero-order valence-corrected chi connectivity index (χ0v) is 16.1. The van der Waals surface area contributed by atoms with Gasteiger partial charge in [0.1, 0.15) is 0 Å². The minimum atomic E-state index is -5.10. The lowest BCUT2D eigenvalue weighted by molar-refractivity contribution is -0.174. The third kappa shape index (κ3) is 6.50. The highest BCUT2D eigenvalue weighted by atomic mass is 19.4. The number of hydrazine groups is 1. The van der Waals surface area contributed by atoms with Crippen LogP contribution in [0.15, 0.2) is 54.6 Å². The van der Waals surface area contributed by atoms with Crippen molar-refractivity contribution in [2.75, 3.05) is 11.4 Å². The summed E-state index contributed by atoms with van der Waals surface area (Å²) in [6, 6.07) is 14.7. The summed E-state index contributed by atoms with van der Waals surface area (Å²) in [5.41, 5.74) is 4.42. The lowest BCUT2D eigenvalue weighted by Crippen LogP contribution is -2.47. The Morgan fingerprint density at radius 3 is 2.13 bits per heavy atom. The molecule has 0 saturated heterocycles. The molecule has 2 aromatic carbocycles. The molecular weight excluding hydrogens is 401 g/mol. The number of hydrogen-bond donors (Lipinski definition) is 3. The number of para-hydroxylation sites is 1. The molecule has 4 amide bonds. The fourth-order valence-electron chi connectivity index (χ4n) is 2.42. The number of carbonyl (C=O) groups is 3. The van der Waals surface area contributed by atoms with E-state index in [1.165, 1.54) is 22.5 Å².